The molecule has 0 aromatic carbocycles. The zero-order valence-electron chi connectivity index (χ0n) is 5.87. The van der Waals surface area contributed by atoms with Crippen LogP contribution in [-0.2, 0) is 25.3 Å². The number of hydrogen-bond donors (Lipinski definition) is 0. The monoisotopic (exact) mass is 156 g/mol. The Labute approximate surface area is 94.8 Å². The van der Waals surface area contributed by atoms with Gasteiger partial charge in [-0.05, 0) is 0 Å². The summed E-state index contributed by atoms with van der Waals surface area (Å²) in [7, 11) is 0. The summed E-state index contributed by atoms with van der Waals surface area (Å²) in [5.74, 6) is 0. The van der Waals surface area contributed by atoms with Gasteiger partial charge in [0.15, 0.2) is 0 Å². The summed E-state index contributed by atoms with van der Waals surface area (Å²) < 4.78 is 0. The Morgan fingerprint density at radius 3 is 1.40 bits per heavy atom. The van der Waals surface area contributed by atoms with Crippen LogP contribution >= 0.6 is 0 Å². The van der Waals surface area contributed by atoms with E-state index in [1.165, 1.54) is 12.4 Å². The van der Waals surface area contributed by atoms with Crippen LogP contribution in [0.5, 0.6) is 0 Å². The van der Waals surface area contributed by atoms with E-state index in [0.717, 1.165) is 0 Å². The van der Waals surface area contributed by atoms with Crippen molar-refractivity contribution >= 4 is 25.3 Å². The summed E-state index contributed by atoms with van der Waals surface area (Å²) in [5, 5.41) is 0.810. The fourth-order valence-electron chi connectivity index (χ4n) is 0.312. The van der Waals surface area contributed by atoms with Gasteiger partial charge in [-0.25, -0.2) is 0 Å². The van der Waals surface area contributed by atoms with Gasteiger partial charge in [-0.15, -0.1) is 0 Å². The van der Waals surface area contributed by atoms with Crippen molar-refractivity contribution in [2.45, 2.75) is 10.1 Å². The molecule has 0 aliphatic rings. The number of hydrogen-bond acceptors (Lipinski definition) is 4. The molecule has 1 aromatic heterocycles. The van der Waals surface area contributed by atoms with Gasteiger partial charge in [0.05, 0.1) is 0 Å². The Balaban J connectivity index is 0. The van der Waals surface area contributed by atoms with Crippen molar-refractivity contribution in [3.05, 3.63) is 12.4 Å². The largest absolute Gasteiger partial charge is 1.00 e. The number of nitrogens with zero attached hydrogens (tertiary/aromatic N) is 2. The summed E-state index contributed by atoms with van der Waals surface area (Å²) >= 11 is 9.35. The van der Waals surface area contributed by atoms with Gasteiger partial charge in [0.25, 0.3) is 0 Å². The van der Waals surface area contributed by atoms with Crippen LogP contribution in [0, 0.1) is 0 Å². The molecule has 0 atom stereocenters. The molecule has 1 rings (SSSR count). The molecular weight excluding hydrogens is 154 g/mol. The predicted molar refractivity (Wildman–Crippen MR) is 33.3 cm³/mol. The SMILES string of the molecule is [Li+].[Li+].[S-]c1nccnc1[S-]. The molecule has 0 unspecified atom stereocenters. The van der Waals surface area contributed by atoms with Crippen LogP contribution in [0.2, 0.25) is 0 Å². The second kappa shape index (κ2) is 6.43. The quantitative estimate of drug-likeness (QED) is 0.276. The Hall–Kier alpha value is 0.715. The Bertz CT molecular complexity index is 175. The van der Waals surface area contributed by atoms with Crippen LogP contribution in [0.1, 0.15) is 0 Å². The maximum absolute atomic E-state index is 4.68. The number of aromatic nitrogens is 2. The second-order valence-electron chi connectivity index (χ2n) is 1.17. The minimum Gasteiger partial charge on any atom is -0.760 e. The van der Waals surface area contributed by atoms with E-state index in [-0.39, 0.29) is 37.7 Å². The van der Waals surface area contributed by atoms with Crippen molar-refractivity contribution in [2.24, 2.45) is 0 Å². The van der Waals surface area contributed by atoms with E-state index in [1.807, 2.05) is 0 Å². The van der Waals surface area contributed by atoms with Crippen LogP contribution < -0.4 is 37.7 Å². The van der Waals surface area contributed by atoms with Crippen LogP contribution in [0.4, 0.5) is 0 Å². The van der Waals surface area contributed by atoms with E-state index in [1.54, 1.807) is 0 Å². The minimum atomic E-state index is 0. The molecule has 1 heterocycles. The summed E-state index contributed by atoms with van der Waals surface area (Å²) in [6.07, 6.45) is 3.05. The molecule has 0 N–H and O–H groups in total. The van der Waals surface area contributed by atoms with E-state index in [2.05, 4.69) is 35.2 Å². The molecule has 0 saturated heterocycles. The molecule has 2 nitrogen and oxygen atoms in total. The van der Waals surface area contributed by atoms with Crippen molar-refractivity contribution in [1.29, 1.82) is 0 Å². The van der Waals surface area contributed by atoms with Crippen molar-refractivity contribution in [3.8, 4) is 0 Å². The zero-order valence-corrected chi connectivity index (χ0v) is 7.50. The van der Waals surface area contributed by atoms with E-state index >= 15 is 0 Å². The van der Waals surface area contributed by atoms with Gasteiger partial charge in [0.1, 0.15) is 0 Å². The zero-order chi connectivity index (χ0) is 5.98. The third-order valence-electron chi connectivity index (χ3n) is 0.633. The molecule has 0 spiro atoms. The van der Waals surface area contributed by atoms with Crippen LogP contribution in [0.25, 0.3) is 0 Å². The van der Waals surface area contributed by atoms with E-state index < -0.39 is 0 Å². The van der Waals surface area contributed by atoms with Gasteiger partial charge >= 0.3 is 37.7 Å². The first-order valence-electron chi connectivity index (χ1n) is 1.96. The minimum absolute atomic E-state index is 0. The maximum Gasteiger partial charge on any atom is 1.00 e. The maximum atomic E-state index is 4.68. The normalized spacial score (nSPS) is 7.20. The van der Waals surface area contributed by atoms with Crippen LogP contribution in [0.3, 0.4) is 0 Å². The first-order chi connectivity index (χ1) is 3.80. The van der Waals surface area contributed by atoms with Crippen molar-refractivity contribution in [2.75, 3.05) is 0 Å². The van der Waals surface area contributed by atoms with Gasteiger partial charge in [0.2, 0.25) is 0 Å². The third-order valence-corrected chi connectivity index (χ3v) is 1.36. The van der Waals surface area contributed by atoms with Gasteiger partial charge in [-0.1, -0.05) is 10.1 Å². The molecule has 10 heavy (non-hydrogen) atoms. The molecule has 42 valence electrons. The molecule has 0 bridgehead atoms. The fraction of sp³-hybridized carbons (Fsp3) is 0. The van der Waals surface area contributed by atoms with E-state index in [9.17, 15) is 0 Å². The molecule has 0 radical (unpaired) electrons. The Kier molecular flexibility index (Phi) is 8.56. The molecule has 0 aliphatic carbocycles. The van der Waals surface area contributed by atoms with Gasteiger partial charge in [-0.3, -0.25) is 9.97 Å². The number of rotatable bonds is 0. The molecular formula is C4H2Li2N2S2. The smallest absolute Gasteiger partial charge is 0.760 e. The first-order valence-corrected chi connectivity index (χ1v) is 2.77. The average Bonchev–Trinajstić information content (AvgIpc) is 1.77. The molecule has 1 aromatic rings. The predicted octanol–water partition coefficient (Wildman–Crippen LogP) is -5.70. The van der Waals surface area contributed by atoms with E-state index in [4.69, 9.17) is 0 Å². The van der Waals surface area contributed by atoms with E-state index in [0.29, 0.717) is 10.1 Å². The van der Waals surface area contributed by atoms with Crippen molar-refractivity contribution < 1.29 is 37.7 Å². The van der Waals surface area contributed by atoms with Gasteiger partial charge in [-0.2, -0.15) is 0 Å². The molecule has 0 saturated carbocycles. The second-order valence-corrected chi connectivity index (χ2v) is 1.94. The van der Waals surface area contributed by atoms with Crippen molar-refractivity contribution in [1.82, 2.24) is 9.97 Å². The first kappa shape index (κ1) is 13.3. The van der Waals surface area contributed by atoms with Crippen molar-refractivity contribution in [3.63, 3.8) is 0 Å². The standard InChI is InChI=1S/C4H4N2S2.2Li/c7-3-4(8)6-2-1-5-3;;/h1-2H,(H,5,7)(H,6,8);;/q;2*+1/p-2. The van der Waals surface area contributed by atoms with Gasteiger partial charge < -0.3 is 25.3 Å². The molecule has 6 heteroatoms. The third kappa shape index (κ3) is 3.78. The van der Waals surface area contributed by atoms with Crippen LogP contribution in [-0.4, -0.2) is 9.97 Å². The fourth-order valence-corrected chi connectivity index (χ4v) is 0.540. The Morgan fingerprint density at radius 2 is 1.20 bits per heavy atom. The Morgan fingerprint density at radius 1 is 0.900 bits per heavy atom. The topological polar surface area (TPSA) is 25.8 Å². The summed E-state index contributed by atoms with van der Waals surface area (Å²) in [5.41, 5.74) is 0. The van der Waals surface area contributed by atoms with Gasteiger partial charge in [0, 0.05) is 12.4 Å². The summed E-state index contributed by atoms with van der Waals surface area (Å²) in [6.45, 7) is 0. The molecule has 0 fully saturated rings. The average molecular weight is 156 g/mol. The molecule has 0 amide bonds. The summed E-state index contributed by atoms with van der Waals surface area (Å²) in [4.78, 5) is 7.45. The van der Waals surface area contributed by atoms with Crippen LogP contribution in [0.15, 0.2) is 22.4 Å². The molecule has 0 aliphatic heterocycles. The summed E-state index contributed by atoms with van der Waals surface area (Å²) in [6, 6.07) is 0.